The van der Waals surface area contributed by atoms with Gasteiger partial charge in [-0.25, -0.2) is 0 Å². The minimum absolute atomic E-state index is 1.03. The number of nitrogens with zero attached hydrogens (tertiary/aromatic N) is 2. The Morgan fingerprint density at radius 2 is 1.17 bits per heavy atom. The topological polar surface area (TPSA) is 6.48 Å². The van der Waals surface area contributed by atoms with E-state index in [1.54, 1.807) is 11.3 Å². The predicted molar refractivity (Wildman–Crippen MR) is 135 cm³/mol. The molecule has 3 rings (SSSR count). The van der Waals surface area contributed by atoms with Gasteiger partial charge in [0.05, 0.1) is 0 Å². The van der Waals surface area contributed by atoms with Crippen molar-refractivity contribution in [2.75, 3.05) is 36.0 Å². The number of thiophene rings is 1. The molecule has 2 nitrogen and oxygen atoms in total. The third-order valence-corrected chi connectivity index (χ3v) is 7.14. The highest BCUT2D eigenvalue weighted by molar-refractivity contribution is 7.14. The van der Waals surface area contributed by atoms with Crippen LogP contribution in [0.4, 0.5) is 11.4 Å². The first kappa shape index (κ1) is 22.4. The lowest BCUT2D eigenvalue weighted by Crippen LogP contribution is -2.21. The predicted octanol–water partition coefficient (Wildman–Crippen LogP) is 7.50. The highest BCUT2D eigenvalue weighted by Crippen LogP contribution is 2.43. The molecule has 0 bridgehead atoms. The summed E-state index contributed by atoms with van der Waals surface area (Å²) in [5, 5.41) is 3.53. The van der Waals surface area contributed by atoms with Crippen LogP contribution >= 0.6 is 11.3 Å². The van der Waals surface area contributed by atoms with E-state index >= 15 is 0 Å². The van der Waals surface area contributed by atoms with E-state index in [0.29, 0.717) is 0 Å². The average molecular weight is 420 g/mol. The van der Waals surface area contributed by atoms with E-state index in [2.05, 4.69) is 100 Å². The fourth-order valence-electron chi connectivity index (χ4n) is 4.32. The maximum atomic E-state index is 3.53. The summed E-state index contributed by atoms with van der Waals surface area (Å²) < 4.78 is 0. The first-order valence-corrected chi connectivity index (χ1v) is 12.0. The second kappa shape index (κ2) is 9.70. The van der Waals surface area contributed by atoms with Crippen molar-refractivity contribution < 1.29 is 0 Å². The fraction of sp³-hybridized carbons (Fsp3) is 0.407. The van der Waals surface area contributed by atoms with Crippen LogP contribution in [-0.4, -0.2) is 26.2 Å². The number of anilines is 2. The molecule has 30 heavy (non-hydrogen) atoms. The molecule has 0 unspecified atom stereocenters. The third-order valence-electron chi connectivity index (χ3n) is 6.10. The van der Waals surface area contributed by atoms with Gasteiger partial charge in [-0.15, -0.1) is 11.3 Å². The SMILES string of the molecule is CCN(CC)c1ccc(-c2s[c]c(C)c2-c2ccc(N(CC)CC)cc2C)c(C)c1. The zero-order valence-electron chi connectivity index (χ0n) is 19.6. The lowest BCUT2D eigenvalue weighted by molar-refractivity contribution is 0.865. The van der Waals surface area contributed by atoms with Gasteiger partial charge in [0.1, 0.15) is 0 Å². The van der Waals surface area contributed by atoms with Gasteiger partial charge in [0.15, 0.2) is 0 Å². The molecular formula is C27H35N2S. The molecule has 159 valence electrons. The molecule has 1 radical (unpaired) electrons. The van der Waals surface area contributed by atoms with E-state index in [9.17, 15) is 0 Å². The summed E-state index contributed by atoms with van der Waals surface area (Å²) >= 11 is 1.74. The van der Waals surface area contributed by atoms with Crippen LogP contribution in [-0.2, 0) is 0 Å². The van der Waals surface area contributed by atoms with Gasteiger partial charge in [-0.3, -0.25) is 0 Å². The Labute approximate surface area is 187 Å². The quantitative estimate of drug-likeness (QED) is 0.373. The van der Waals surface area contributed by atoms with Crippen LogP contribution in [0, 0.1) is 26.2 Å². The third kappa shape index (κ3) is 4.27. The van der Waals surface area contributed by atoms with Gasteiger partial charge < -0.3 is 9.80 Å². The van der Waals surface area contributed by atoms with Crippen LogP contribution in [0.15, 0.2) is 36.4 Å². The molecule has 3 heteroatoms. The van der Waals surface area contributed by atoms with E-state index in [0.717, 1.165) is 26.2 Å². The summed E-state index contributed by atoms with van der Waals surface area (Å²) in [6.07, 6.45) is 0. The smallest absolute Gasteiger partial charge is 0.0487 e. The van der Waals surface area contributed by atoms with E-state index in [1.165, 1.54) is 49.6 Å². The normalized spacial score (nSPS) is 11.0. The molecule has 1 aromatic heterocycles. The maximum Gasteiger partial charge on any atom is 0.0487 e. The molecule has 0 N–H and O–H groups in total. The molecule has 0 saturated heterocycles. The molecule has 0 aliphatic heterocycles. The van der Waals surface area contributed by atoms with Gasteiger partial charge in [0, 0.05) is 53.4 Å². The summed E-state index contributed by atoms with van der Waals surface area (Å²) in [4.78, 5) is 6.13. The Kier molecular flexibility index (Phi) is 7.25. The molecule has 0 aliphatic rings. The second-order valence-corrected chi connectivity index (χ2v) is 8.69. The van der Waals surface area contributed by atoms with Crippen molar-refractivity contribution in [2.45, 2.75) is 48.5 Å². The van der Waals surface area contributed by atoms with E-state index < -0.39 is 0 Å². The lowest BCUT2D eigenvalue weighted by Gasteiger charge is -2.23. The van der Waals surface area contributed by atoms with Gasteiger partial charge in [-0.2, -0.15) is 0 Å². The number of benzene rings is 2. The Bertz CT molecular complexity index is 994. The van der Waals surface area contributed by atoms with Crippen molar-refractivity contribution in [1.29, 1.82) is 0 Å². The summed E-state index contributed by atoms with van der Waals surface area (Å²) in [7, 11) is 0. The number of aryl methyl sites for hydroxylation is 3. The van der Waals surface area contributed by atoms with Gasteiger partial charge in [0.2, 0.25) is 0 Å². The monoisotopic (exact) mass is 419 g/mol. The summed E-state index contributed by atoms with van der Waals surface area (Å²) in [5.74, 6) is 0. The van der Waals surface area contributed by atoms with Crippen molar-refractivity contribution in [1.82, 2.24) is 0 Å². The van der Waals surface area contributed by atoms with Crippen molar-refractivity contribution in [3.8, 4) is 21.6 Å². The molecule has 0 spiro atoms. The Morgan fingerprint density at radius 1 is 0.700 bits per heavy atom. The zero-order chi connectivity index (χ0) is 21.8. The minimum atomic E-state index is 1.03. The molecule has 0 atom stereocenters. The van der Waals surface area contributed by atoms with E-state index in [-0.39, 0.29) is 0 Å². The Balaban J connectivity index is 2.06. The van der Waals surface area contributed by atoms with Crippen molar-refractivity contribution in [3.63, 3.8) is 0 Å². The van der Waals surface area contributed by atoms with Crippen LogP contribution in [0.5, 0.6) is 0 Å². The van der Waals surface area contributed by atoms with Crippen LogP contribution < -0.4 is 9.80 Å². The van der Waals surface area contributed by atoms with Crippen LogP contribution in [0.3, 0.4) is 0 Å². The first-order chi connectivity index (χ1) is 14.4. The van der Waals surface area contributed by atoms with Gasteiger partial charge in [0.25, 0.3) is 0 Å². The molecule has 3 aromatic rings. The molecule has 0 aliphatic carbocycles. The largest absolute Gasteiger partial charge is 0.372 e. The first-order valence-electron chi connectivity index (χ1n) is 11.2. The maximum absolute atomic E-state index is 3.53. The lowest BCUT2D eigenvalue weighted by atomic mass is 9.93. The van der Waals surface area contributed by atoms with Crippen LogP contribution in [0.2, 0.25) is 0 Å². The molecule has 1 heterocycles. The van der Waals surface area contributed by atoms with Gasteiger partial charge in [-0.05, 0) is 101 Å². The van der Waals surface area contributed by atoms with Crippen molar-refractivity contribution in [3.05, 3.63) is 58.5 Å². The summed E-state index contributed by atoms with van der Waals surface area (Å²) in [6.45, 7) is 19.6. The van der Waals surface area contributed by atoms with Crippen LogP contribution in [0.25, 0.3) is 21.6 Å². The van der Waals surface area contributed by atoms with Crippen molar-refractivity contribution >= 4 is 22.7 Å². The average Bonchev–Trinajstić information content (AvgIpc) is 3.11. The summed E-state index contributed by atoms with van der Waals surface area (Å²) in [6, 6.07) is 13.8. The molecule has 0 amide bonds. The van der Waals surface area contributed by atoms with Crippen molar-refractivity contribution in [2.24, 2.45) is 0 Å². The Morgan fingerprint density at radius 3 is 1.60 bits per heavy atom. The molecule has 0 fully saturated rings. The Hall–Kier alpha value is -2.26. The number of hydrogen-bond acceptors (Lipinski definition) is 3. The van der Waals surface area contributed by atoms with Crippen LogP contribution in [0.1, 0.15) is 44.4 Å². The second-order valence-electron chi connectivity index (χ2n) is 7.88. The number of rotatable bonds is 8. The highest BCUT2D eigenvalue weighted by atomic mass is 32.1. The summed E-state index contributed by atoms with van der Waals surface area (Å²) in [5.41, 5.74) is 10.5. The van der Waals surface area contributed by atoms with E-state index in [4.69, 9.17) is 0 Å². The standard InChI is InChI=1S/C27H35N2S/c1-8-28(9-2)22-12-14-24(19(5)16-22)26-21(7)18-30-27(26)25-15-13-23(17-20(25)6)29(10-3)11-4/h12-17H,8-11H2,1-7H3. The fourth-order valence-corrected chi connectivity index (χ4v) is 5.38. The molecule has 0 saturated carbocycles. The number of hydrogen-bond donors (Lipinski definition) is 0. The van der Waals surface area contributed by atoms with Gasteiger partial charge in [-0.1, -0.05) is 12.1 Å². The molecule has 2 aromatic carbocycles. The highest BCUT2D eigenvalue weighted by Gasteiger charge is 2.18. The zero-order valence-corrected chi connectivity index (χ0v) is 20.4. The minimum Gasteiger partial charge on any atom is -0.372 e. The van der Waals surface area contributed by atoms with Gasteiger partial charge >= 0.3 is 0 Å². The van der Waals surface area contributed by atoms with E-state index in [1.807, 2.05) is 0 Å². The molecular weight excluding hydrogens is 384 g/mol.